The van der Waals surface area contributed by atoms with Gasteiger partial charge in [-0.15, -0.1) is 45.3 Å². The second-order valence-electron chi connectivity index (χ2n) is 10.2. The van der Waals surface area contributed by atoms with Crippen LogP contribution in [0.2, 0.25) is 39.3 Å². The van der Waals surface area contributed by atoms with E-state index in [2.05, 4.69) is 108 Å². The molecule has 0 nitrogen and oxygen atoms in total. The summed E-state index contributed by atoms with van der Waals surface area (Å²) in [4.78, 5) is 2.67. The van der Waals surface area contributed by atoms with Crippen molar-refractivity contribution in [1.82, 2.24) is 0 Å². The fraction of sp³-hybridized carbons (Fsp3) is 0.250. The van der Waals surface area contributed by atoms with E-state index in [1.165, 1.54) is 39.7 Å². The maximum Gasteiger partial charge on any atom is 0.0904 e. The predicted octanol–water partition coefficient (Wildman–Crippen LogP) is 10.2. The largest absolute Gasteiger partial charge is 0.144 e. The van der Waals surface area contributed by atoms with E-state index in [1.54, 1.807) is 9.00 Å². The lowest BCUT2D eigenvalue weighted by Crippen LogP contribution is -2.34. The minimum absolute atomic E-state index is 1.16. The van der Waals surface area contributed by atoms with Crippen molar-refractivity contribution in [2.24, 2.45) is 0 Å². The van der Waals surface area contributed by atoms with Gasteiger partial charge < -0.3 is 0 Å². The first-order valence-corrected chi connectivity index (χ1v) is 22.3. The van der Waals surface area contributed by atoms with Gasteiger partial charge in [0, 0.05) is 48.6 Å². The van der Waals surface area contributed by atoms with Crippen LogP contribution in [-0.2, 0) is 0 Å². The molecule has 0 aliphatic heterocycles. The third kappa shape index (κ3) is 4.35. The fourth-order valence-corrected chi connectivity index (χ4v) is 13.8. The molecule has 5 rings (SSSR count). The second kappa shape index (κ2) is 8.26. The van der Waals surface area contributed by atoms with Crippen LogP contribution in [0.15, 0.2) is 45.3 Å². The molecule has 0 amide bonds. The van der Waals surface area contributed by atoms with Gasteiger partial charge in [0.25, 0.3) is 0 Å². The number of hydrogen-bond acceptors (Lipinski definition) is 4. The smallest absolute Gasteiger partial charge is 0.0904 e. The summed E-state index contributed by atoms with van der Waals surface area (Å²) in [6, 6.07) is 14.2. The van der Waals surface area contributed by atoms with Gasteiger partial charge in [-0.25, -0.2) is 0 Å². The van der Waals surface area contributed by atoms with E-state index in [0.717, 1.165) is 8.95 Å². The van der Waals surface area contributed by atoms with Crippen molar-refractivity contribution in [2.75, 3.05) is 0 Å². The summed E-state index contributed by atoms with van der Waals surface area (Å²) in [6.45, 7) is 14.6. The van der Waals surface area contributed by atoms with Crippen molar-refractivity contribution in [3.8, 4) is 20.9 Å². The van der Waals surface area contributed by atoms with Gasteiger partial charge >= 0.3 is 0 Å². The predicted molar refractivity (Wildman–Crippen MR) is 165 cm³/mol. The summed E-state index contributed by atoms with van der Waals surface area (Å²) in [6.07, 6.45) is 0. The number of benzene rings is 1. The SMILES string of the molecule is C[Si](C)(C)c1cc2sc(-c3cc(Br)c(-c4cc5sc([Si](C)(C)C)cc5s4)cc3Br)cc2s1. The Morgan fingerprint density at radius 2 is 0.844 bits per heavy atom. The van der Waals surface area contributed by atoms with E-state index in [4.69, 9.17) is 0 Å². The van der Waals surface area contributed by atoms with E-state index in [0.29, 0.717) is 0 Å². The zero-order valence-electron chi connectivity index (χ0n) is 18.9. The Morgan fingerprint density at radius 1 is 0.500 bits per heavy atom. The van der Waals surface area contributed by atoms with Gasteiger partial charge in [-0.2, -0.15) is 0 Å². The van der Waals surface area contributed by atoms with Crippen molar-refractivity contribution < 1.29 is 0 Å². The van der Waals surface area contributed by atoms with Crippen LogP contribution in [0, 0.1) is 0 Å². The summed E-state index contributed by atoms with van der Waals surface area (Å²) in [7, 11) is -2.50. The van der Waals surface area contributed by atoms with Crippen LogP contribution in [0.1, 0.15) is 0 Å². The van der Waals surface area contributed by atoms with Crippen LogP contribution in [0.25, 0.3) is 39.7 Å². The number of fused-ring (bicyclic) bond motifs is 2. The summed E-state index contributed by atoms with van der Waals surface area (Å²) in [5.41, 5.74) is 2.53. The molecule has 0 saturated carbocycles. The van der Waals surface area contributed by atoms with Crippen molar-refractivity contribution in [1.29, 1.82) is 0 Å². The highest BCUT2D eigenvalue weighted by Gasteiger charge is 2.23. The zero-order chi connectivity index (χ0) is 23.0. The topological polar surface area (TPSA) is 0 Å². The lowest BCUT2D eigenvalue weighted by molar-refractivity contribution is 1.60. The molecular formula is C24H24Br2S4Si2. The lowest BCUT2D eigenvalue weighted by Gasteiger charge is -2.12. The molecule has 0 radical (unpaired) electrons. The Labute approximate surface area is 224 Å². The van der Waals surface area contributed by atoms with Crippen LogP contribution >= 0.6 is 77.2 Å². The Kier molecular flexibility index (Phi) is 6.11. The highest BCUT2D eigenvalue weighted by atomic mass is 79.9. The van der Waals surface area contributed by atoms with E-state index >= 15 is 0 Å². The average Bonchev–Trinajstić information content (AvgIpc) is 3.38. The summed E-state index contributed by atoms with van der Waals surface area (Å²) in [5.74, 6) is 0. The maximum absolute atomic E-state index is 3.89. The molecule has 0 aliphatic carbocycles. The molecule has 8 heteroatoms. The van der Waals surface area contributed by atoms with E-state index in [9.17, 15) is 0 Å². The van der Waals surface area contributed by atoms with Gasteiger partial charge in [-0.3, -0.25) is 0 Å². The summed E-state index contributed by atoms with van der Waals surface area (Å²) in [5, 5.41) is 0. The zero-order valence-corrected chi connectivity index (χ0v) is 27.3. The minimum Gasteiger partial charge on any atom is -0.144 e. The fourth-order valence-electron chi connectivity index (χ4n) is 3.60. The Morgan fingerprint density at radius 3 is 1.16 bits per heavy atom. The van der Waals surface area contributed by atoms with Crippen LogP contribution < -0.4 is 9.00 Å². The third-order valence-electron chi connectivity index (χ3n) is 5.48. The molecule has 0 fully saturated rings. The van der Waals surface area contributed by atoms with Gasteiger partial charge in [0.15, 0.2) is 0 Å². The van der Waals surface area contributed by atoms with Crippen LogP contribution in [0.5, 0.6) is 0 Å². The first-order valence-electron chi connectivity index (χ1n) is 10.5. The minimum atomic E-state index is -1.25. The van der Waals surface area contributed by atoms with Crippen molar-refractivity contribution in [2.45, 2.75) is 39.3 Å². The van der Waals surface area contributed by atoms with E-state index in [-0.39, 0.29) is 0 Å². The van der Waals surface area contributed by atoms with Crippen LogP contribution in [0.3, 0.4) is 0 Å². The lowest BCUT2D eigenvalue weighted by atomic mass is 10.1. The van der Waals surface area contributed by atoms with Crippen molar-refractivity contribution >= 4 is 121 Å². The molecular weight excluding hydrogens is 633 g/mol. The molecule has 166 valence electrons. The van der Waals surface area contributed by atoms with Gasteiger partial charge in [0.05, 0.1) is 16.1 Å². The van der Waals surface area contributed by atoms with Gasteiger partial charge in [0.1, 0.15) is 0 Å². The van der Waals surface area contributed by atoms with E-state index in [1.807, 2.05) is 45.3 Å². The van der Waals surface area contributed by atoms with Gasteiger partial charge in [0.2, 0.25) is 0 Å². The van der Waals surface area contributed by atoms with Crippen molar-refractivity contribution in [3.05, 3.63) is 45.3 Å². The highest BCUT2D eigenvalue weighted by molar-refractivity contribution is 9.11. The molecule has 0 unspecified atom stereocenters. The number of rotatable bonds is 4. The Balaban J connectivity index is 1.52. The van der Waals surface area contributed by atoms with Gasteiger partial charge in [-0.1, -0.05) is 71.1 Å². The number of halogens is 2. The van der Waals surface area contributed by atoms with Gasteiger partial charge in [-0.05, 0) is 45.4 Å². The molecule has 0 spiro atoms. The summed E-state index contributed by atoms with van der Waals surface area (Å²) >= 11 is 15.6. The molecule has 4 aromatic heterocycles. The van der Waals surface area contributed by atoms with Crippen molar-refractivity contribution in [3.63, 3.8) is 0 Å². The molecule has 0 N–H and O–H groups in total. The maximum atomic E-state index is 3.89. The second-order valence-corrected chi connectivity index (χ2v) is 27.1. The molecule has 5 aromatic rings. The quantitative estimate of drug-likeness (QED) is 0.169. The Hall–Kier alpha value is -0.0662. The first kappa shape index (κ1) is 23.7. The van der Waals surface area contributed by atoms with Crippen LogP contribution in [-0.4, -0.2) is 16.1 Å². The third-order valence-corrected chi connectivity index (χ3v) is 18.6. The average molecular weight is 657 g/mol. The molecule has 0 atom stereocenters. The monoisotopic (exact) mass is 654 g/mol. The highest BCUT2D eigenvalue weighted by Crippen LogP contribution is 2.45. The molecule has 1 aromatic carbocycles. The molecule has 0 saturated heterocycles. The van der Waals surface area contributed by atoms with Crippen LogP contribution in [0.4, 0.5) is 0 Å². The Bertz CT molecular complexity index is 1300. The molecule has 32 heavy (non-hydrogen) atoms. The molecule has 0 bridgehead atoms. The van der Waals surface area contributed by atoms with E-state index < -0.39 is 16.1 Å². The number of thiophene rings is 4. The summed E-state index contributed by atoms with van der Waals surface area (Å²) < 4.78 is 11.2. The number of hydrogen-bond donors (Lipinski definition) is 0. The standard InChI is InChI=1S/C24H24Br2S4Si2/c1-31(2,3)23-11-21-19(29-23)9-17(27-21)13-7-16(26)14(8-15(13)25)18-10-20-22(28-18)12-24(30-20)32(4,5)6/h7-12H,1-6H3. The molecule has 4 heterocycles. The first-order chi connectivity index (χ1) is 14.9. The molecule has 0 aliphatic rings. The normalized spacial score (nSPS) is 13.0.